The molecule has 1 saturated carbocycles. The van der Waals surface area contributed by atoms with Gasteiger partial charge in [0.05, 0.1) is 15.6 Å². The molecule has 2 aliphatic rings. The number of hydrogen-bond donors (Lipinski definition) is 1. The van der Waals surface area contributed by atoms with Crippen LogP contribution in [0.4, 0.5) is 4.39 Å². The average Bonchev–Trinajstić information content (AvgIpc) is 3.30. The van der Waals surface area contributed by atoms with Gasteiger partial charge in [-0.1, -0.05) is 53.5 Å². The number of hydrogen-bond acceptors (Lipinski definition) is 2. The Morgan fingerprint density at radius 1 is 0.947 bits per heavy atom. The van der Waals surface area contributed by atoms with Crippen molar-refractivity contribution >= 4 is 40.0 Å². The van der Waals surface area contributed by atoms with Gasteiger partial charge in [-0.25, -0.2) is 4.39 Å². The summed E-state index contributed by atoms with van der Waals surface area (Å²) in [6.07, 6.45) is 3.83. The highest BCUT2D eigenvalue weighted by Crippen LogP contribution is 2.54. The fourth-order valence-electron chi connectivity index (χ4n) is 6.88. The number of aromatic amines is 1. The summed E-state index contributed by atoms with van der Waals surface area (Å²) >= 11 is 12.5. The lowest BCUT2D eigenvalue weighted by molar-refractivity contribution is -0.0142. The molecule has 4 nitrogen and oxygen atoms in total. The molecule has 0 unspecified atom stereocenters. The quantitative estimate of drug-likeness (QED) is 0.286. The van der Waals surface area contributed by atoms with Crippen LogP contribution in [0.25, 0.3) is 10.9 Å². The number of nitrogens with zero attached hydrogens (tertiary/aromatic N) is 2. The predicted octanol–water partition coefficient (Wildman–Crippen LogP) is 7.54. The zero-order valence-electron chi connectivity index (χ0n) is 21.5. The van der Waals surface area contributed by atoms with Crippen molar-refractivity contribution in [3.05, 3.63) is 105 Å². The van der Waals surface area contributed by atoms with Crippen molar-refractivity contribution in [1.82, 2.24) is 14.8 Å². The molecule has 1 spiro atoms. The molecule has 0 saturated heterocycles. The number of halogens is 3. The third-order valence-corrected chi connectivity index (χ3v) is 9.65. The highest BCUT2D eigenvalue weighted by molar-refractivity contribution is 6.42. The summed E-state index contributed by atoms with van der Waals surface area (Å²) < 4.78 is 14.3. The van der Waals surface area contributed by atoms with E-state index in [0.29, 0.717) is 22.2 Å². The lowest BCUT2D eigenvalue weighted by Crippen LogP contribution is -2.58. The van der Waals surface area contributed by atoms with E-state index in [0.717, 1.165) is 48.9 Å². The van der Waals surface area contributed by atoms with Gasteiger partial charge in [0.1, 0.15) is 5.82 Å². The minimum Gasteiger partial charge on any atom is -0.356 e. The number of amides is 1. The number of carbonyl (C=O) groups excluding carboxylic acids is 1. The van der Waals surface area contributed by atoms with Crippen molar-refractivity contribution in [3.8, 4) is 0 Å². The maximum absolute atomic E-state index is 14.3. The van der Waals surface area contributed by atoms with Gasteiger partial charge in [0.25, 0.3) is 5.91 Å². The summed E-state index contributed by atoms with van der Waals surface area (Å²) in [5, 5.41) is 2.02. The van der Waals surface area contributed by atoms with Crippen LogP contribution in [0.5, 0.6) is 0 Å². The second-order valence-electron chi connectivity index (χ2n) is 10.8. The Balaban J connectivity index is 1.47. The minimum absolute atomic E-state index is 0.0454. The van der Waals surface area contributed by atoms with Crippen molar-refractivity contribution in [2.75, 3.05) is 20.6 Å². The molecule has 3 aromatic carbocycles. The monoisotopic (exact) mass is 549 g/mol. The van der Waals surface area contributed by atoms with E-state index in [2.05, 4.69) is 47.1 Å². The zero-order chi connectivity index (χ0) is 26.7. The van der Waals surface area contributed by atoms with Crippen molar-refractivity contribution in [2.45, 2.75) is 43.2 Å². The summed E-state index contributed by atoms with van der Waals surface area (Å²) in [6.45, 7) is 0.614. The normalized spacial score (nSPS) is 23.3. The molecule has 0 atom stereocenters. The summed E-state index contributed by atoms with van der Waals surface area (Å²) in [4.78, 5) is 22.1. The molecule has 0 bridgehead atoms. The lowest BCUT2D eigenvalue weighted by atomic mass is 9.65. The van der Waals surface area contributed by atoms with E-state index in [1.807, 2.05) is 12.1 Å². The highest BCUT2D eigenvalue weighted by Gasteiger charge is 2.53. The van der Waals surface area contributed by atoms with E-state index in [-0.39, 0.29) is 17.3 Å². The maximum atomic E-state index is 14.3. The fourth-order valence-corrected chi connectivity index (χ4v) is 7.18. The van der Waals surface area contributed by atoms with Gasteiger partial charge in [0.2, 0.25) is 0 Å². The third kappa shape index (κ3) is 3.86. The Morgan fingerprint density at radius 2 is 1.71 bits per heavy atom. The molecule has 1 aliphatic heterocycles. The summed E-state index contributed by atoms with van der Waals surface area (Å²) in [5.74, 6) is -0.271. The van der Waals surface area contributed by atoms with E-state index >= 15 is 0 Å². The van der Waals surface area contributed by atoms with E-state index in [9.17, 15) is 9.18 Å². The first kappa shape index (κ1) is 25.4. The van der Waals surface area contributed by atoms with Crippen LogP contribution >= 0.6 is 23.2 Å². The number of H-pyrrole nitrogens is 1. The number of nitrogens with one attached hydrogen (secondary N) is 1. The molecule has 0 radical (unpaired) electrons. The number of carbonyl (C=O) groups is 1. The first-order valence-corrected chi connectivity index (χ1v) is 13.8. The molecule has 196 valence electrons. The molecule has 1 fully saturated rings. The zero-order valence-corrected chi connectivity index (χ0v) is 23.0. The second kappa shape index (κ2) is 9.41. The highest BCUT2D eigenvalue weighted by atomic mass is 35.5. The van der Waals surface area contributed by atoms with Crippen molar-refractivity contribution in [3.63, 3.8) is 0 Å². The SMILES string of the molecule is CN(C)C1(c2cccc(F)c2)CCC2(CC1)c1[nH]c3ccccc3c1CCN2C(=O)c1ccc(Cl)c(Cl)c1. The van der Waals surface area contributed by atoms with Crippen LogP contribution in [0, 0.1) is 5.82 Å². The van der Waals surface area contributed by atoms with Crippen LogP contribution in [0.1, 0.15) is 52.9 Å². The molecule has 38 heavy (non-hydrogen) atoms. The van der Waals surface area contributed by atoms with Crippen LogP contribution in [0.15, 0.2) is 66.7 Å². The first-order chi connectivity index (χ1) is 18.2. The van der Waals surface area contributed by atoms with Gasteiger partial charge in [0, 0.05) is 34.2 Å². The average molecular weight is 551 g/mol. The number of para-hydroxylation sites is 1. The van der Waals surface area contributed by atoms with Crippen LogP contribution in [-0.4, -0.2) is 41.3 Å². The van der Waals surface area contributed by atoms with Gasteiger partial charge in [-0.3, -0.25) is 9.69 Å². The van der Waals surface area contributed by atoms with Crippen LogP contribution < -0.4 is 0 Å². The van der Waals surface area contributed by atoms with Gasteiger partial charge < -0.3 is 9.88 Å². The minimum atomic E-state index is -0.511. The smallest absolute Gasteiger partial charge is 0.254 e. The molecule has 1 N–H and O–H groups in total. The molecule has 6 rings (SSSR count). The molecular formula is C31H30Cl2FN3O. The summed E-state index contributed by atoms with van der Waals surface area (Å²) in [6, 6.07) is 20.4. The van der Waals surface area contributed by atoms with Gasteiger partial charge in [-0.2, -0.15) is 0 Å². The fraction of sp³-hybridized carbons (Fsp3) is 0.323. The van der Waals surface area contributed by atoms with Crippen LogP contribution in [0.2, 0.25) is 10.0 Å². The summed E-state index contributed by atoms with van der Waals surface area (Å²) in [7, 11) is 4.13. The van der Waals surface area contributed by atoms with Gasteiger partial charge in [-0.15, -0.1) is 0 Å². The lowest BCUT2D eigenvalue weighted by Gasteiger charge is -2.55. The van der Waals surface area contributed by atoms with Gasteiger partial charge in [0.15, 0.2) is 0 Å². The number of benzene rings is 3. The largest absolute Gasteiger partial charge is 0.356 e. The topological polar surface area (TPSA) is 39.3 Å². The maximum Gasteiger partial charge on any atom is 0.254 e. The number of fused-ring (bicyclic) bond motifs is 4. The van der Waals surface area contributed by atoms with Gasteiger partial charge in [-0.05, 0) is 93.7 Å². The Hall–Kier alpha value is -2.86. The summed E-state index contributed by atoms with van der Waals surface area (Å²) in [5.41, 5.74) is 4.19. The molecule has 4 aromatic rings. The van der Waals surface area contributed by atoms with E-state index in [1.54, 1.807) is 30.3 Å². The van der Waals surface area contributed by atoms with E-state index in [1.165, 1.54) is 17.0 Å². The van der Waals surface area contributed by atoms with Crippen molar-refractivity contribution in [2.24, 2.45) is 0 Å². The second-order valence-corrected chi connectivity index (χ2v) is 11.6. The first-order valence-electron chi connectivity index (χ1n) is 13.1. The predicted molar refractivity (Wildman–Crippen MR) is 151 cm³/mol. The van der Waals surface area contributed by atoms with Gasteiger partial charge >= 0.3 is 0 Å². The molecule has 1 aliphatic carbocycles. The van der Waals surface area contributed by atoms with E-state index in [4.69, 9.17) is 23.2 Å². The molecule has 2 heterocycles. The number of aromatic nitrogens is 1. The third-order valence-electron chi connectivity index (χ3n) is 8.92. The molecule has 7 heteroatoms. The van der Waals surface area contributed by atoms with Crippen molar-refractivity contribution < 1.29 is 9.18 Å². The standard InChI is InChI=1S/C31H30Cl2FN3O/c1-36(2)30(21-6-5-7-22(34)19-21)13-15-31(16-14-30)28-24(23-8-3-4-9-27(23)35-28)12-17-37(31)29(38)20-10-11-25(32)26(33)18-20/h3-11,18-19,35H,12-17H2,1-2H3. The van der Waals surface area contributed by atoms with E-state index < -0.39 is 5.54 Å². The molecular weight excluding hydrogens is 520 g/mol. The van der Waals surface area contributed by atoms with Crippen molar-refractivity contribution in [1.29, 1.82) is 0 Å². The Bertz CT molecular complexity index is 1540. The Kier molecular flexibility index (Phi) is 6.29. The Morgan fingerprint density at radius 3 is 2.42 bits per heavy atom. The Labute approximate surface area is 232 Å². The van der Waals surface area contributed by atoms with Crippen LogP contribution in [0.3, 0.4) is 0 Å². The molecule has 1 amide bonds. The number of rotatable bonds is 3. The molecule has 1 aromatic heterocycles. The van der Waals surface area contributed by atoms with Crippen LogP contribution in [-0.2, 0) is 17.5 Å².